The summed E-state index contributed by atoms with van der Waals surface area (Å²) >= 11 is 3.53. The molecule has 1 rings (SSSR count). The van der Waals surface area contributed by atoms with Gasteiger partial charge in [-0.3, -0.25) is 4.84 Å². The molecule has 0 atom stereocenters. The fraction of sp³-hybridized carbons (Fsp3) is 0.500. The van der Waals surface area contributed by atoms with E-state index in [0.717, 1.165) is 4.47 Å². The Morgan fingerprint density at radius 3 is 2.53 bits per heavy atom. The highest BCUT2D eigenvalue weighted by molar-refractivity contribution is 9.10. The van der Waals surface area contributed by atoms with E-state index in [4.69, 9.17) is 4.84 Å². The maximum Gasteiger partial charge on any atom is 0.0813 e. The van der Waals surface area contributed by atoms with Crippen molar-refractivity contribution in [2.75, 3.05) is 0 Å². The highest BCUT2D eigenvalue weighted by Gasteiger charge is 2.10. The minimum absolute atomic E-state index is 0.156. The summed E-state index contributed by atoms with van der Waals surface area (Å²) in [6.45, 7) is 8.84. The first kappa shape index (κ1) is 12.7. The summed E-state index contributed by atoms with van der Waals surface area (Å²) in [5.41, 5.74) is 5.27. The standard InChI is InChI=1S/C12H18BrNO/c1-9-5-6-10(11(13)7-9)8-14-15-12(2,3)4/h5-7,14H,8H2,1-4H3. The number of rotatable bonds is 3. The van der Waals surface area contributed by atoms with Gasteiger partial charge in [-0.1, -0.05) is 28.1 Å². The maximum absolute atomic E-state index is 5.45. The van der Waals surface area contributed by atoms with Crippen LogP contribution in [0.25, 0.3) is 0 Å². The van der Waals surface area contributed by atoms with Crippen molar-refractivity contribution in [3.63, 3.8) is 0 Å². The van der Waals surface area contributed by atoms with Crippen molar-refractivity contribution in [2.24, 2.45) is 0 Å². The lowest BCUT2D eigenvalue weighted by Crippen LogP contribution is -2.28. The summed E-state index contributed by atoms with van der Waals surface area (Å²) in [5, 5.41) is 0. The smallest absolute Gasteiger partial charge is 0.0813 e. The van der Waals surface area contributed by atoms with Crippen molar-refractivity contribution in [3.05, 3.63) is 33.8 Å². The van der Waals surface area contributed by atoms with E-state index in [2.05, 4.69) is 46.5 Å². The number of hydrogen-bond acceptors (Lipinski definition) is 2. The van der Waals surface area contributed by atoms with Crippen LogP contribution < -0.4 is 5.48 Å². The molecule has 0 bridgehead atoms. The molecule has 0 aliphatic heterocycles. The fourth-order valence-electron chi connectivity index (χ4n) is 1.13. The number of aryl methyl sites for hydroxylation is 1. The van der Waals surface area contributed by atoms with Crippen LogP contribution in [-0.2, 0) is 11.4 Å². The van der Waals surface area contributed by atoms with E-state index < -0.39 is 0 Å². The summed E-state index contributed by atoms with van der Waals surface area (Å²) in [7, 11) is 0. The largest absolute Gasteiger partial charge is 0.296 e. The van der Waals surface area contributed by atoms with Gasteiger partial charge in [0.15, 0.2) is 0 Å². The molecule has 2 nitrogen and oxygen atoms in total. The zero-order valence-corrected chi connectivity index (χ0v) is 11.3. The summed E-state index contributed by atoms with van der Waals surface area (Å²) in [6.07, 6.45) is 0. The molecule has 15 heavy (non-hydrogen) atoms. The van der Waals surface area contributed by atoms with Crippen molar-refractivity contribution in [3.8, 4) is 0 Å². The molecule has 0 unspecified atom stereocenters. The molecule has 0 saturated carbocycles. The molecule has 0 aromatic heterocycles. The molecular formula is C12H18BrNO. The average Bonchev–Trinajstić information content (AvgIpc) is 2.07. The van der Waals surface area contributed by atoms with Gasteiger partial charge >= 0.3 is 0 Å². The summed E-state index contributed by atoms with van der Waals surface area (Å²) in [5.74, 6) is 0. The van der Waals surface area contributed by atoms with Crippen LogP contribution in [0.4, 0.5) is 0 Å². The molecule has 1 aromatic rings. The van der Waals surface area contributed by atoms with Crippen LogP contribution in [0.3, 0.4) is 0 Å². The second kappa shape index (κ2) is 5.10. The maximum atomic E-state index is 5.45. The van der Waals surface area contributed by atoms with Crippen molar-refractivity contribution >= 4 is 15.9 Å². The normalized spacial score (nSPS) is 11.8. The summed E-state index contributed by atoms with van der Waals surface area (Å²) in [4.78, 5) is 5.45. The Bertz CT molecular complexity index is 331. The predicted molar refractivity (Wildman–Crippen MR) is 66.6 cm³/mol. The first-order valence-electron chi connectivity index (χ1n) is 5.04. The molecular weight excluding hydrogens is 254 g/mol. The lowest BCUT2D eigenvalue weighted by Gasteiger charge is -2.19. The Morgan fingerprint density at radius 2 is 2.00 bits per heavy atom. The quantitative estimate of drug-likeness (QED) is 0.849. The second-order valence-electron chi connectivity index (χ2n) is 4.63. The number of halogens is 1. The van der Waals surface area contributed by atoms with Crippen LogP contribution in [0, 0.1) is 6.92 Å². The third kappa shape index (κ3) is 4.78. The van der Waals surface area contributed by atoms with Crippen LogP contribution in [0.1, 0.15) is 31.9 Å². The topological polar surface area (TPSA) is 21.3 Å². The van der Waals surface area contributed by atoms with E-state index in [1.54, 1.807) is 0 Å². The van der Waals surface area contributed by atoms with Gasteiger partial charge in [0.25, 0.3) is 0 Å². The van der Waals surface area contributed by atoms with Crippen LogP contribution in [0.5, 0.6) is 0 Å². The van der Waals surface area contributed by atoms with Gasteiger partial charge in [0.2, 0.25) is 0 Å². The molecule has 0 heterocycles. The van der Waals surface area contributed by atoms with Gasteiger partial charge in [-0.25, -0.2) is 0 Å². The fourth-order valence-corrected chi connectivity index (χ4v) is 1.76. The molecule has 84 valence electrons. The molecule has 0 aliphatic rings. The van der Waals surface area contributed by atoms with Crippen LogP contribution in [0.15, 0.2) is 22.7 Å². The van der Waals surface area contributed by atoms with Gasteiger partial charge in [-0.2, -0.15) is 5.48 Å². The minimum Gasteiger partial charge on any atom is -0.296 e. The van der Waals surface area contributed by atoms with Gasteiger partial charge in [0.05, 0.1) is 5.60 Å². The third-order valence-corrected chi connectivity index (χ3v) is 2.59. The van der Waals surface area contributed by atoms with Gasteiger partial charge in [0, 0.05) is 11.0 Å². The zero-order chi connectivity index (χ0) is 11.5. The molecule has 0 saturated heterocycles. The zero-order valence-electron chi connectivity index (χ0n) is 9.73. The van der Waals surface area contributed by atoms with Crippen molar-refractivity contribution in [1.29, 1.82) is 0 Å². The van der Waals surface area contributed by atoms with Crippen LogP contribution in [0.2, 0.25) is 0 Å². The van der Waals surface area contributed by atoms with E-state index >= 15 is 0 Å². The average molecular weight is 272 g/mol. The van der Waals surface area contributed by atoms with E-state index in [9.17, 15) is 0 Å². The Hall–Kier alpha value is -0.380. The molecule has 1 aromatic carbocycles. The number of hydroxylamine groups is 1. The molecule has 1 N–H and O–H groups in total. The summed E-state index contributed by atoms with van der Waals surface area (Å²) in [6, 6.07) is 6.30. The minimum atomic E-state index is -0.156. The Balaban J connectivity index is 2.51. The summed E-state index contributed by atoms with van der Waals surface area (Å²) < 4.78 is 1.12. The highest BCUT2D eigenvalue weighted by atomic mass is 79.9. The predicted octanol–water partition coefficient (Wildman–Crippen LogP) is 3.58. The van der Waals surface area contributed by atoms with Crippen molar-refractivity contribution in [1.82, 2.24) is 5.48 Å². The Kier molecular flexibility index (Phi) is 4.32. The van der Waals surface area contributed by atoms with Crippen LogP contribution >= 0.6 is 15.9 Å². The highest BCUT2D eigenvalue weighted by Crippen LogP contribution is 2.18. The van der Waals surface area contributed by atoms with Crippen molar-refractivity contribution in [2.45, 2.75) is 39.8 Å². The first-order chi connectivity index (χ1) is 6.88. The van der Waals surface area contributed by atoms with Gasteiger partial charge in [0.1, 0.15) is 0 Å². The molecule has 0 amide bonds. The SMILES string of the molecule is Cc1ccc(CNOC(C)(C)C)c(Br)c1. The van der Waals surface area contributed by atoms with E-state index in [1.165, 1.54) is 11.1 Å². The lowest BCUT2D eigenvalue weighted by molar-refractivity contribution is -0.0758. The van der Waals surface area contributed by atoms with Gasteiger partial charge in [-0.15, -0.1) is 0 Å². The third-order valence-electron chi connectivity index (χ3n) is 1.85. The Labute approximate surface area is 100 Å². The molecule has 0 radical (unpaired) electrons. The lowest BCUT2D eigenvalue weighted by atomic mass is 10.1. The molecule has 0 aliphatic carbocycles. The second-order valence-corrected chi connectivity index (χ2v) is 5.48. The Morgan fingerprint density at radius 1 is 1.33 bits per heavy atom. The number of hydrogen-bond donors (Lipinski definition) is 1. The number of benzene rings is 1. The molecule has 0 spiro atoms. The van der Waals surface area contributed by atoms with E-state index in [-0.39, 0.29) is 5.60 Å². The van der Waals surface area contributed by atoms with E-state index in [0.29, 0.717) is 6.54 Å². The molecule has 0 fully saturated rings. The monoisotopic (exact) mass is 271 g/mol. The van der Waals surface area contributed by atoms with Crippen LogP contribution in [-0.4, -0.2) is 5.60 Å². The first-order valence-corrected chi connectivity index (χ1v) is 5.84. The van der Waals surface area contributed by atoms with Gasteiger partial charge in [-0.05, 0) is 44.9 Å². The van der Waals surface area contributed by atoms with Crippen molar-refractivity contribution < 1.29 is 4.84 Å². The van der Waals surface area contributed by atoms with Gasteiger partial charge < -0.3 is 0 Å². The molecule has 3 heteroatoms. The number of nitrogens with one attached hydrogen (secondary N) is 1. The van der Waals surface area contributed by atoms with E-state index in [1.807, 2.05) is 20.8 Å².